The summed E-state index contributed by atoms with van der Waals surface area (Å²) < 4.78 is 3.85. The van der Waals surface area contributed by atoms with E-state index >= 15 is 0 Å². The molecule has 3 heterocycles. The number of para-hydroxylation sites is 1. The van der Waals surface area contributed by atoms with Gasteiger partial charge in [-0.25, -0.2) is 0 Å². The molecule has 0 amide bonds. The number of thiophene rings is 1. The number of anilines is 2. The van der Waals surface area contributed by atoms with Crippen molar-refractivity contribution in [3.8, 4) is 22.3 Å². The molecule has 12 rings (SSSR count). The third-order valence-electron chi connectivity index (χ3n) is 12.6. The fraction of sp³-hybridized carbons (Fsp3) is 0.0943. The van der Waals surface area contributed by atoms with E-state index in [2.05, 4.69) is 193 Å². The van der Waals surface area contributed by atoms with E-state index in [1.807, 2.05) is 11.3 Å². The van der Waals surface area contributed by atoms with E-state index in [1.54, 1.807) is 0 Å². The van der Waals surface area contributed by atoms with Crippen LogP contribution in [0.5, 0.6) is 0 Å². The van der Waals surface area contributed by atoms with Crippen LogP contribution in [-0.2, 0) is 5.41 Å². The largest absolute Gasteiger partial charge is 0.310 e. The van der Waals surface area contributed by atoms with Gasteiger partial charge in [0, 0.05) is 54.1 Å². The Bertz CT molecular complexity index is 3280. The molecule has 3 heteroatoms. The summed E-state index contributed by atoms with van der Waals surface area (Å²) in [5.41, 5.74) is 16.7. The van der Waals surface area contributed by atoms with E-state index < -0.39 is 0 Å². The Morgan fingerprint density at radius 3 is 2.21 bits per heavy atom. The molecule has 0 fully saturated rings. The van der Waals surface area contributed by atoms with Gasteiger partial charge in [0.2, 0.25) is 0 Å². The first kappa shape index (κ1) is 31.9. The summed E-state index contributed by atoms with van der Waals surface area (Å²) in [5.74, 6) is 0. The van der Waals surface area contributed by atoms with Crippen LogP contribution in [0.15, 0.2) is 176 Å². The molecule has 2 nitrogen and oxygen atoms in total. The number of fused-ring (bicyclic) bond motifs is 11. The summed E-state index contributed by atoms with van der Waals surface area (Å²) in [7, 11) is 0. The lowest BCUT2D eigenvalue weighted by atomic mass is 9.82. The van der Waals surface area contributed by atoms with E-state index in [4.69, 9.17) is 0 Å². The van der Waals surface area contributed by atoms with E-state index in [9.17, 15) is 0 Å². The number of benzene rings is 7. The molecule has 0 saturated carbocycles. The second-order valence-corrected chi connectivity index (χ2v) is 17.0. The summed E-state index contributed by atoms with van der Waals surface area (Å²) in [5, 5.41) is 6.64. The smallest absolute Gasteiger partial charge is 0.109 e. The van der Waals surface area contributed by atoms with Gasteiger partial charge in [0.25, 0.3) is 0 Å². The van der Waals surface area contributed by atoms with Crippen LogP contribution < -0.4 is 4.90 Å². The first-order chi connectivity index (χ1) is 27.5. The number of hydrogen-bond donors (Lipinski definition) is 0. The van der Waals surface area contributed by atoms with Crippen LogP contribution in [-0.4, -0.2) is 4.40 Å². The van der Waals surface area contributed by atoms with Gasteiger partial charge in [-0.05, 0) is 112 Å². The van der Waals surface area contributed by atoms with E-state index in [0.717, 1.165) is 18.5 Å². The van der Waals surface area contributed by atoms with Gasteiger partial charge in [0.05, 0.1) is 11.0 Å². The van der Waals surface area contributed by atoms with Gasteiger partial charge in [0.1, 0.15) is 4.83 Å². The van der Waals surface area contributed by atoms with Crippen molar-refractivity contribution >= 4 is 75.8 Å². The monoisotopic (exact) mass is 734 g/mol. The Morgan fingerprint density at radius 1 is 0.571 bits per heavy atom. The second kappa shape index (κ2) is 11.8. The standard InChI is InChI=1S/C53H38N2S/c1-53(2)45-23-10-6-20-39(45)42-32-37(27-28-46(42)53)54(47-24-11-7-19-38(47)33-15-4-3-5-16-33)36-18-14-17-34(29-36)35-30-43-40-21-8-12-25-48(40)55-51(43)44(31-35)50-41-22-9-13-26-49(41)56-52(50)55/h3-6,8-18,20-32H,7,19H2,1-2H3. The number of rotatable bonds is 5. The van der Waals surface area contributed by atoms with Crippen molar-refractivity contribution in [1.82, 2.24) is 4.40 Å². The van der Waals surface area contributed by atoms with Gasteiger partial charge in [-0.15, -0.1) is 11.3 Å². The maximum absolute atomic E-state index is 2.52. The van der Waals surface area contributed by atoms with Crippen molar-refractivity contribution in [2.24, 2.45) is 0 Å². The highest BCUT2D eigenvalue weighted by Gasteiger charge is 2.36. The van der Waals surface area contributed by atoms with Gasteiger partial charge in [-0.1, -0.05) is 129 Å². The lowest BCUT2D eigenvalue weighted by Crippen LogP contribution is -2.19. The van der Waals surface area contributed by atoms with Gasteiger partial charge >= 0.3 is 0 Å². The maximum Gasteiger partial charge on any atom is 0.109 e. The fourth-order valence-corrected chi connectivity index (χ4v) is 11.2. The molecule has 0 spiro atoms. The van der Waals surface area contributed by atoms with Crippen LogP contribution in [0.2, 0.25) is 0 Å². The van der Waals surface area contributed by atoms with Gasteiger partial charge < -0.3 is 4.90 Å². The quantitative estimate of drug-likeness (QED) is 0.171. The van der Waals surface area contributed by atoms with Gasteiger partial charge in [0.15, 0.2) is 0 Å². The predicted octanol–water partition coefficient (Wildman–Crippen LogP) is 14.9. The number of aromatic nitrogens is 1. The average molecular weight is 735 g/mol. The number of hydrogen-bond acceptors (Lipinski definition) is 2. The summed E-state index contributed by atoms with van der Waals surface area (Å²) in [6.45, 7) is 4.72. The minimum absolute atomic E-state index is 0.0504. The van der Waals surface area contributed by atoms with Crippen molar-refractivity contribution in [3.05, 3.63) is 192 Å². The van der Waals surface area contributed by atoms with Crippen molar-refractivity contribution in [2.75, 3.05) is 4.90 Å². The second-order valence-electron chi connectivity index (χ2n) is 16.0. The third kappa shape index (κ3) is 4.43. The lowest BCUT2D eigenvalue weighted by molar-refractivity contribution is 0.660. The molecule has 2 aliphatic rings. The molecule has 0 bridgehead atoms. The molecule has 0 saturated heterocycles. The summed E-state index contributed by atoms with van der Waals surface area (Å²) in [4.78, 5) is 3.85. The van der Waals surface area contributed by atoms with Crippen molar-refractivity contribution < 1.29 is 0 Å². The molecular formula is C53H38N2S. The molecule has 0 atom stereocenters. The molecule has 2 aliphatic carbocycles. The van der Waals surface area contributed by atoms with Crippen molar-refractivity contribution in [2.45, 2.75) is 32.1 Å². The minimum atomic E-state index is -0.0504. The zero-order valence-electron chi connectivity index (χ0n) is 31.4. The molecule has 0 aliphatic heterocycles. The van der Waals surface area contributed by atoms with E-state index in [0.29, 0.717) is 0 Å². The molecule has 0 radical (unpaired) electrons. The predicted molar refractivity (Wildman–Crippen MR) is 240 cm³/mol. The SMILES string of the molecule is CC1(C)c2ccccc2-c2cc(N(C3=C(c4ccccc4)CCC=C3)c3cccc(-c4cc5c6ccccc6n6c7sc8ccccc8c7c(c4)c56)c3)ccc21. The Kier molecular flexibility index (Phi) is 6.71. The molecule has 7 aromatic carbocycles. The summed E-state index contributed by atoms with van der Waals surface area (Å²) >= 11 is 1.90. The summed E-state index contributed by atoms with van der Waals surface area (Å²) in [6.07, 6.45) is 6.73. The zero-order chi connectivity index (χ0) is 37.1. The molecular weight excluding hydrogens is 697 g/mol. The van der Waals surface area contributed by atoms with Crippen LogP contribution in [0.4, 0.5) is 11.4 Å². The average Bonchev–Trinajstić information content (AvgIpc) is 3.95. The summed E-state index contributed by atoms with van der Waals surface area (Å²) in [6, 6.07) is 59.1. The van der Waals surface area contributed by atoms with Crippen LogP contribution >= 0.6 is 11.3 Å². The Balaban J connectivity index is 1.10. The molecule has 0 unspecified atom stereocenters. The topological polar surface area (TPSA) is 7.65 Å². The van der Waals surface area contributed by atoms with Crippen LogP contribution in [0, 0.1) is 0 Å². The zero-order valence-corrected chi connectivity index (χ0v) is 32.2. The van der Waals surface area contributed by atoms with Crippen molar-refractivity contribution in [3.63, 3.8) is 0 Å². The van der Waals surface area contributed by atoms with E-state index in [-0.39, 0.29) is 5.41 Å². The molecule has 3 aromatic heterocycles. The molecule has 56 heavy (non-hydrogen) atoms. The van der Waals surface area contributed by atoms with Crippen LogP contribution in [0.25, 0.3) is 75.3 Å². The highest BCUT2D eigenvalue weighted by atomic mass is 32.1. The normalized spacial score (nSPS) is 14.8. The van der Waals surface area contributed by atoms with Crippen molar-refractivity contribution in [1.29, 1.82) is 0 Å². The first-order valence-corrected chi connectivity index (χ1v) is 20.6. The molecule has 10 aromatic rings. The lowest BCUT2D eigenvalue weighted by Gasteiger charge is -2.31. The Labute approximate surface area is 330 Å². The Morgan fingerprint density at radius 2 is 1.30 bits per heavy atom. The van der Waals surface area contributed by atoms with Gasteiger partial charge in [-0.2, -0.15) is 0 Å². The maximum atomic E-state index is 2.52. The number of nitrogens with zero attached hydrogens (tertiary/aromatic N) is 2. The molecule has 0 N–H and O–H groups in total. The first-order valence-electron chi connectivity index (χ1n) is 19.7. The molecule has 266 valence electrons. The highest BCUT2D eigenvalue weighted by Crippen LogP contribution is 2.51. The van der Waals surface area contributed by atoms with Crippen LogP contribution in [0.3, 0.4) is 0 Å². The van der Waals surface area contributed by atoms with Crippen LogP contribution in [0.1, 0.15) is 43.4 Å². The van der Waals surface area contributed by atoms with E-state index in [1.165, 1.54) is 103 Å². The fourth-order valence-electron chi connectivity index (χ4n) is 10.0. The number of allylic oxidation sites excluding steroid dienone is 3. The Hall–Kier alpha value is -6.42. The third-order valence-corrected chi connectivity index (χ3v) is 13.7. The minimum Gasteiger partial charge on any atom is -0.310 e. The van der Waals surface area contributed by atoms with Gasteiger partial charge in [-0.3, -0.25) is 4.40 Å². The highest BCUT2D eigenvalue weighted by molar-refractivity contribution is 7.25.